The first-order valence-corrected chi connectivity index (χ1v) is 8.82. The molecule has 3 aliphatic rings. The fourth-order valence-electron chi connectivity index (χ4n) is 6.23. The van der Waals surface area contributed by atoms with Gasteiger partial charge in [-0.2, -0.15) is 0 Å². The van der Waals surface area contributed by atoms with E-state index in [1.807, 2.05) is 12.1 Å². The van der Waals surface area contributed by atoms with Crippen molar-refractivity contribution in [1.82, 2.24) is 0 Å². The quantitative estimate of drug-likeness (QED) is 0.700. The fourth-order valence-corrected chi connectivity index (χ4v) is 6.23. The van der Waals surface area contributed by atoms with Crippen molar-refractivity contribution in [2.24, 2.45) is 29.1 Å². The monoisotopic (exact) mass is 284 g/mol. The number of aromatic hydroxyl groups is 1. The number of hydrogen-bond acceptors (Lipinski definition) is 1. The summed E-state index contributed by atoms with van der Waals surface area (Å²) in [4.78, 5) is 0. The van der Waals surface area contributed by atoms with E-state index >= 15 is 0 Å². The number of benzene rings is 1. The molecule has 0 radical (unpaired) electrons. The number of hydrogen-bond donors (Lipinski definition) is 1. The molecule has 2 fully saturated rings. The summed E-state index contributed by atoms with van der Waals surface area (Å²) in [6.07, 6.45) is 6.78. The summed E-state index contributed by atoms with van der Waals surface area (Å²) in [5.41, 5.74) is 3.56. The van der Waals surface area contributed by atoms with Crippen molar-refractivity contribution in [3.05, 3.63) is 29.3 Å². The molecule has 1 nitrogen and oxygen atoms in total. The molecule has 114 valence electrons. The van der Waals surface area contributed by atoms with Crippen LogP contribution in [0.3, 0.4) is 0 Å². The van der Waals surface area contributed by atoms with Gasteiger partial charge in [0.2, 0.25) is 0 Å². The highest BCUT2D eigenvalue weighted by Gasteiger charge is 2.54. The minimum absolute atomic E-state index is 0.439. The molecule has 0 spiro atoms. The summed E-state index contributed by atoms with van der Waals surface area (Å²) in [6.45, 7) is 7.52. The molecule has 0 heterocycles. The number of phenolic OH excluding ortho intramolecular Hbond substituents is 1. The van der Waals surface area contributed by atoms with Gasteiger partial charge in [-0.25, -0.2) is 0 Å². The highest BCUT2D eigenvalue weighted by Crippen LogP contribution is 2.63. The Kier molecular flexibility index (Phi) is 2.93. The Morgan fingerprint density at radius 2 is 1.95 bits per heavy atom. The van der Waals surface area contributed by atoms with E-state index in [1.165, 1.54) is 31.2 Å². The van der Waals surface area contributed by atoms with Crippen LogP contribution in [0.5, 0.6) is 5.75 Å². The molecule has 1 aromatic rings. The molecule has 1 aromatic carbocycles. The van der Waals surface area contributed by atoms with Gasteiger partial charge in [-0.1, -0.05) is 26.8 Å². The lowest BCUT2D eigenvalue weighted by Gasteiger charge is -2.53. The SMILES string of the molecule is C[C@H]1Cc2cc(O)ccc2C2CC[C@@]3(C)C(CC[C@@H]3C)C21. The first kappa shape index (κ1) is 13.7. The highest BCUT2D eigenvalue weighted by atomic mass is 16.3. The van der Waals surface area contributed by atoms with Crippen LogP contribution in [-0.2, 0) is 6.42 Å². The zero-order valence-electron chi connectivity index (χ0n) is 13.6. The number of fused-ring (bicyclic) bond motifs is 5. The van der Waals surface area contributed by atoms with Crippen LogP contribution in [0.2, 0.25) is 0 Å². The van der Waals surface area contributed by atoms with Crippen molar-refractivity contribution in [2.45, 2.75) is 58.8 Å². The van der Waals surface area contributed by atoms with E-state index in [1.54, 1.807) is 5.56 Å². The summed E-state index contributed by atoms with van der Waals surface area (Å²) in [6, 6.07) is 6.14. The Balaban J connectivity index is 1.76. The summed E-state index contributed by atoms with van der Waals surface area (Å²) in [5, 5.41) is 9.80. The lowest BCUT2D eigenvalue weighted by atomic mass is 9.52. The third kappa shape index (κ3) is 1.82. The third-order valence-electron chi connectivity index (χ3n) is 7.53. The molecule has 0 amide bonds. The maximum atomic E-state index is 9.80. The van der Waals surface area contributed by atoms with Gasteiger partial charge >= 0.3 is 0 Å². The molecular formula is C20H28O. The molecule has 4 rings (SSSR count). The van der Waals surface area contributed by atoms with E-state index in [4.69, 9.17) is 0 Å². The van der Waals surface area contributed by atoms with Gasteiger partial charge in [-0.15, -0.1) is 0 Å². The summed E-state index contributed by atoms with van der Waals surface area (Å²) in [5.74, 6) is 4.63. The van der Waals surface area contributed by atoms with Gasteiger partial charge in [0.25, 0.3) is 0 Å². The lowest BCUT2D eigenvalue weighted by Crippen LogP contribution is -2.44. The Labute approximate surface area is 128 Å². The maximum Gasteiger partial charge on any atom is 0.115 e. The average Bonchev–Trinajstić information content (AvgIpc) is 2.74. The van der Waals surface area contributed by atoms with E-state index in [9.17, 15) is 5.11 Å². The molecule has 2 saturated carbocycles. The number of rotatable bonds is 0. The average molecular weight is 284 g/mol. The summed E-state index contributed by atoms with van der Waals surface area (Å²) < 4.78 is 0. The van der Waals surface area contributed by atoms with Crippen LogP contribution in [0.25, 0.3) is 0 Å². The van der Waals surface area contributed by atoms with Gasteiger partial charge in [-0.05, 0) is 90.4 Å². The van der Waals surface area contributed by atoms with Crippen molar-refractivity contribution in [3.8, 4) is 5.75 Å². The third-order valence-corrected chi connectivity index (χ3v) is 7.53. The second-order valence-electron chi connectivity index (χ2n) is 8.38. The molecular weight excluding hydrogens is 256 g/mol. The van der Waals surface area contributed by atoms with Crippen molar-refractivity contribution in [2.75, 3.05) is 0 Å². The Morgan fingerprint density at radius 1 is 1.14 bits per heavy atom. The van der Waals surface area contributed by atoms with E-state index < -0.39 is 0 Å². The first-order valence-electron chi connectivity index (χ1n) is 8.82. The zero-order valence-corrected chi connectivity index (χ0v) is 13.6. The Bertz CT molecular complexity index is 563. The van der Waals surface area contributed by atoms with E-state index in [-0.39, 0.29) is 0 Å². The van der Waals surface area contributed by atoms with Gasteiger partial charge in [0.15, 0.2) is 0 Å². The molecule has 0 bridgehead atoms. The predicted molar refractivity (Wildman–Crippen MR) is 86.4 cm³/mol. The molecule has 1 N–H and O–H groups in total. The minimum atomic E-state index is 0.439. The van der Waals surface area contributed by atoms with Crippen LogP contribution >= 0.6 is 0 Å². The summed E-state index contributed by atoms with van der Waals surface area (Å²) in [7, 11) is 0. The molecule has 0 aromatic heterocycles. The van der Waals surface area contributed by atoms with E-state index in [0.29, 0.717) is 11.2 Å². The molecule has 3 unspecified atom stereocenters. The molecule has 0 saturated heterocycles. The van der Waals surface area contributed by atoms with Gasteiger partial charge in [-0.3, -0.25) is 0 Å². The van der Waals surface area contributed by atoms with Crippen molar-refractivity contribution in [3.63, 3.8) is 0 Å². The van der Waals surface area contributed by atoms with Crippen LogP contribution in [0.15, 0.2) is 18.2 Å². The van der Waals surface area contributed by atoms with Crippen LogP contribution in [0.1, 0.15) is 63.5 Å². The molecule has 0 aliphatic heterocycles. The Hall–Kier alpha value is -0.980. The topological polar surface area (TPSA) is 20.2 Å². The standard InChI is InChI=1S/C20H28O/c1-12-10-14-11-15(21)5-6-16(14)17-8-9-20(3)13(2)4-7-18(20)19(12)17/h5-6,11-13,17-19,21H,4,7-10H2,1-3H3/t12-,13-,17?,18?,19?,20+/m0/s1. The van der Waals surface area contributed by atoms with E-state index in [2.05, 4.69) is 26.8 Å². The van der Waals surface area contributed by atoms with Gasteiger partial charge in [0, 0.05) is 0 Å². The molecule has 6 atom stereocenters. The number of phenols is 1. The second kappa shape index (κ2) is 4.51. The molecule has 3 aliphatic carbocycles. The second-order valence-corrected chi connectivity index (χ2v) is 8.38. The van der Waals surface area contributed by atoms with Crippen LogP contribution in [-0.4, -0.2) is 5.11 Å². The minimum Gasteiger partial charge on any atom is -0.508 e. The first-order chi connectivity index (χ1) is 10.0. The van der Waals surface area contributed by atoms with Crippen LogP contribution in [0.4, 0.5) is 0 Å². The van der Waals surface area contributed by atoms with Gasteiger partial charge < -0.3 is 5.11 Å². The molecule has 1 heteroatoms. The smallest absolute Gasteiger partial charge is 0.115 e. The maximum absolute atomic E-state index is 9.80. The van der Waals surface area contributed by atoms with Crippen LogP contribution in [0, 0.1) is 29.1 Å². The van der Waals surface area contributed by atoms with Crippen molar-refractivity contribution in [1.29, 1.82) is 0 Å². The van der Waals surface area contributed by atoms with Crippen molar-refractivity contribution >= 4 is 0 Å². The van der Waals surface area contributed by atoms with Crippen LogP contribution < -0.4 is 0 Å². The predicted octanol–water partition coefficient (Wildman–Crippen LogP) is 5.13. The lowest BCUT2D eigenvalue weighted by molar-refractivity contribution is 0.00998. The highest BCUT2D eigenvalue weighted by molar-refractivity contribution is 5.40. The van der Waals surface area contributed by atoms with Gasteiger partial charge in [0.05, 0.1) is 0 Å². The Morgan fingerprint density at radius 3 is 2.76 bits per heavy atom. The molecule has 21 heavy (non-hydrogen) atoms. The van der Waals surface area contributed by atoms with E-state index in [0.717, 1.165) is 36.0 Å². The largest absolute Gasteiger partial charge is 0.508 e. The normalized spacial score (nSPS) is 44.8. The summed E-state index contributed by atoms with van der Waals surface area (Å²) >= 11 is 0. The fraction of sp³-hybridized carbons (Fsp3) is 0.700. The van der Waals surface area contributed by atoms with Crippen molar-refractivity contribution < 1.29 is 5.11 Å². The zero-order chi connectivity index (χ0) is 14.8. The van der Waals surface area contributed by atoms with Gasteiger partial charge in [0.1, 0.15) is 5.75 Å².